The lowest BCUT2D eigenvalue weighted by molar-refractivity contribution is 0.630. The summed E-state index contributed by atoms with van der Waals surface area (Å²) in [6.07, 6.45) is 2.06. The van der Waals surface area contributed by atoms with Crippen LogP contribution in [0.2, 0.25) is 19.6 Å². The third kappa shape index (κ3) is 3.69. The topological polar surface area (TPSA) is 26.0 Å². The van der Waals surface area contributed by atoms with Crippen LogP contribution in [0.15, 0.2) is 95.5 Å². The van der Waals surface area contributed by atoms with Crippen molar-refractivity contribution in [2.24, 2.45) is 0 Å². The molecule has 158 valence electrons. The van der Waals surface area contributed by atoms with Crippen LogP contribution in [0.1, 0.15) is 5.56 Å². The van der Waals surface area contributed by atoms with E-state index in [1.807, 2.05) is 12.1 Å². The average Bonchev–Trinajstić information content (AvgIpc) is 3.15. The Morgan fingerprint density at radius 3 is 1.97 bits per heavy atom. The minimum absolute atomic E-state index is 0.926. The first-order valence-corrected chi connectivity index (χ1v) is 14.6. The SMILES string of the molecule is Cc1c(-c2ccccc2)oc2c(-c3ccccc3)cc(-c3ccc([Si](C)(C)C)cn3)cc12. The maximum absolute atomic E-state index is 6.51. The lowest BCUT2D eigenvalue weighted by Crippen LogP contribution is -2.37. The Kier molecular flexibility index (Phi) is 5.07. The lowest BCUT2D eigenvalue weighted by Gasteiger charge is -2.16. The predicted molar refractivity (Wildman–Crippen MR) is 138 cm³/mol. The minimum Gasteiger partial charge on any atom is -0.455 e. The maximum Gasteiger partial charge on any atom is 0.142 e. The van der Waals surface area contributed by atoms with Gasteiger partial charge in [0.2, 0.25) is 0 Å². The van der Waals surface area contributed by atoms with Gasteiger partial charge >= 0.3 is 0 Å². The summed E-state index contributed by atoms with van der Waals surface area (Å²) in [5.74, 6) is 0.928. The van der Waals surface area contributed by atoms with Crippen molar-refractivity contribution < 1.29 is 4.42 Å². The molecule has 0 amide bonds. The van der Waals surface area contributed by atoms with Crippen LogP contribution in [0.4, 0.5) is 0 Å². The van der Waals surface area contributed by atoms with Gasteiger partial charge in [-0.3, -0.25) is 4.98 Å². The van der Waals surface area contributed by atoms with E-state index in [-0.39, 0.29) is 0 Å². The Morgan fingerprint density at radius 2 is 1.38 bits per heavy atom. The maximum atomic E-state index is 6.51. The number of hydrogen-bond donors (Lipinski definition) is 0. The summed E-state index contributed by atoms with van der Waals surface area (Å²) >= 11 is 0. The molecule has 0 saturated heterocycles. The van der Waals surface area contributed by atoms with Gasteiger partial charge in [-0.25, -0.2) is 0 Å². The molecule has 0 saturated carbocycles. The van der Waals surface area contributed by atoms with Gasteiger partial charge in [-0.15, -0.1) is 0 Å². The largest absolute Gasteiger partial charge is 0.455 e. The van der Waals surface area contributed by atoms with Crippen LogP contribution in [0.3, 0.4) is 0 Å². The van der Waals surface area contributed by atoms with E-state index >= 15 is 0 Å². The second kappa shape index (κ2) is 7.92. The van der Waals surface area contributed by atoms with Crippen molar-refractivity contribution in [3.05, 3.63) is 96.7 Å². The summed E-state index contributed by atoms with van der Waals surface area (Å²) in [5, 5.41) is 2.51. The number of aryl methyl sites for hydroxylation is 1. The molecule has 0 N–H and O–H groups in total. The Hall–Kier alpha value is -3.43. The summed E-state index contributed by atoms with van der Waals surface area (Å²) in [4.78, 5) is 4.86. The number of aromatic nitrogens is 1. The minimum atomic E-state index is -1.39. The summed E-state index contributed by atoms with van der Waals surface area (Å²) in [6.45, 7) is 9.20. The monoisotopic (exact) mass is 433 g/mol. The molecule has 0 fully saturated rings. The molecule has 2 aromatic heterocycles. The Labute approximate surface area is 190 Å². The zero-order chi connectivity index (χ0) is 22.3. The quantitative estimate of drug-likeness (QED) is 0.272. The van der Waals surface area contributed by atoms with Gasteiger partial charge in [0.1, 0.15) is 11.3 Å². The van der Waals surface area contributed by atoms with Crippen LogP contribution in [-0.2, 0) is 0 Å². The molecule has 0 spiro atoms. The van der Waals surface area contributed by atoms with E-state index in [2.05, 4.69) is 106 Å². The van der Waals surface area contributed by atoms with Crippen molar-refractivity contribution in [1.29, 1.82) is 0 Å². The molecule has 0 bridgehead atoms. The Balaban J connectivity index is 1.74. The van der Waals surface area contributed by atoms with Crippen LogP contribution < -0.4 is 5.19 Å². The van der Waals surface area contributed by atoms with Crippen LogP contribution in [0.25, 0.3) is 44.7 Å². The highest BCUT2D eigenvalue weighted by Crippen LogP contribution is 2.40. The lowest BCUT2D eigenvalue weighted by atomic mass is 9.97. The molecule has 3 heteroatoms. The first kappa shape index (κ1) is 20.5. The highest BCUT2D eigenvalue weighted by molar-refractivity contribution is 6.88. The molecular formula is C29H27NOSi. The van der Waals surface area contributed by atoms with Crippen LogP contribution in [-0.4, -0.2) is 13.1 Å². The zero-order valence-corrected chi connectivity index (χ0v) is 20.0. The fraction of sp³-hybridized carbons (Fsp3) is 0.138. The van der Waals surface area contributed by atoms with Gasteiger partial charge in [-0.05, 0) is 35.9 Å². The molecule has 5 rings (SSSR count). The van der Waals surface area contributed by atoms with E-state index in [1.54, 1.807) is 0 Å². The summed E-state index contributed by atoms with van der Waals surface area (Å²) in [6, 6.07) is 29.7. The fourth-order valence-electron chi connectivity index (χ4n) is 4.17. The standard InChI is InChI=1S/C29H27NOSi/c1-20-25-17-23(27-16-15-24(19-30-27)32(2,3)4)18-26(21-11-7-5-8-12-21)29(25)31-28(20)22-13-9-6-10-14-22/h5-19H,1-4H3. The molecule has 3 aromatic carbocycles. The third-order valence-electron chi connectivity index (χ3n) is 6.08. The normalized spacial score (nSPS) is 11.8. The van der Waals surface area contributed by atoms with Crippen LogP contribution in [0.5, 0.6) is 0 Å². The molecule has 0 aliphatic rings. The van der Waals surface area contributed by atoms with Gasteiger partial charge < -0.3 is 4.42 Å². The Bertz CT molecular complexity index is 1380. The molecule has 2 heterocycles. The van der Waals surface area contributed by atoms with Crippen LogP contribution >= 0.6 is 0 Å². The molecular weight excluding hydrogens is 406 g/mol. The molecule has 2 nitrogen and oxygen atoms in total. The number of furan rings is 1. The van der Waals surface area contributed by atoms with E-state index < -0.39 is 8.07 Å². The van der Waals surface area contributed by atoms with Gasteiger partial charge in [0, 0.05) is 33.8 Å². The fourth-order valence-corrected chi connectivity index (χ4v) is 5.21. The van der Waals surface area contributed by atoms with Crippen molar-refractivity contribution >= 4 is 24.2 Å². The number of pyridine rings is 1. The summed E-state index contributed by atoms with van der Waals surface area (Å²) in [7, 11) is -1.39. The molecule has 0 aliphatic carbocycles. The third-order valence-corrected chi connectivity index (χ3v) is 8.11. The van der Waals surface area contributed by atoms with E-state index in [0.29, 0.717) is 0 Å². The van der Waals surface area contributed by atoms with Gasteiger partial charge in [-0.1, -0.05) is 86.4 Å². The van der Waals surface area contributed by atoms with Crippen LogP contribution in [0, 0.1) is 6.92 Å². The van der Waals surface area contributed by atoms with Crippen molar-refractivity contribution in [2.75, 3.05) is 0 Å². The molecule has 32 heavy (non-hydrogen) atoms. The molecule has 0 unspecified atom stereocenters. The number of benzene rings is 3. The summed E-state index contributed by atoms with van der Waals surface area (Å²) in [5.41, 5.74) is 7.53. The smallest absolute Gasteiger partial charge is 0.142 e. The Morgan fingerprint density at radius 1 is 0.719 bits per heavy atom. The predicted octanol–water partition coefficient (Wildman–Crippen LogP) is 7.68. The van der Waals surface area contributed by atoms with Crippen molar-refractivity contribution in [3.8, 4) is 33.7 Å². The van der Waals surface area contributed by atoms with E-state index in [4.69, 9.17) is 9.40 Å². The molecule has 0 atom stereocenters. The number of nitrogens with zero attached hydrogens (tertiary/aromatic N) is 1. The van der Waals surface area contributed by atoms with E-state index in [1.165, 1.54) is 5.19 Å². The zero-order valence-electron chi connectivity index (χ0n) is 19.0. The van der Waals surface area contributed by atoms with Gasteiger partial charge in [0.05, 0.1) is 13.8 Å². The second-order valence-corrected chi connectivity index (χ2v) is 14.4. The average molecular weight is 434 g/mol. The van der Waals surface area contributed by atoms with Crippen molar-refractivity contribution in [1.82, 2.24) is 4.98 Å². The number of fused-ring (bicyclic) bond motifs is 1. The van der Waals surface area contributed by atoms with Gasteiger partial charge in [-0.2, -0.15) is 0 Å². The van der Waals surface area contributed by atoms with Gasteiger partial charge in [0.25, 0.3) is 0 Å². The number of rotatable bonds is 4. The van der Waals surface area contributed by atoms with E-state index in [9.17, 15) is 0 Å². The summed E-state index contributed by atoms with van der Waals surface area (Å²) < 4.78 is 6.51. The molecule has 5 aromatic rings. The number of hydrogen-bond acceptors (Lipinski definition) is 2. The first-order valence-electron chi connectivity index (χ1n) is 11.1. The highest BCUT2D eigenvalue weighted by Gasteiger charge is 2.20. The van der Waals surface area contributed by atoms with E-state index in [0.717, 1.165) is 50.2 Å². The van der Waals surface area contributed by atoms with Gasteiger partial charge in [0.15, 0.2) is 0 Å². The second-order valence-electron chi connectivity index (χ2n) is 9.37. The van der Waals surface area contributed by atoms with Crippen molar-refractivity contribution in [3.63, 3.8) is 0 Å². The molecule has 0 aliphatic heterocycles. The highest BCUT2D eigenvalue weighted by atomic mass is 28.3. The van der Waals surface area contributed by atoms with Crippen molar-refractivity contribution in [2.45, 2.75) is 26.6 Å². The first-order chi connectivity index (χ1) is 15.4. The molecule has 0 radical (unpaired) electrons.